The number of carbonyl (C=O) groups is 1. The number of nitrogens with one attached hydrogen (secondary N) is 1. The minimum atomic E-state index is -0.204. The highest BCUT2D eigenvalue weighted by Crippen LogP contribution is 2.22. The van der Waals surface area contributed by atoms with Crippen molar-refractivity contribution in [2.24, 2.45) is 0 Å². The molecule has 0 bridgehead atoms. The minimum absolute atomic E-state index is 0.204. The van der Waals surface area contributed by atoms with E-state index in [0.29, 0.717) is 10.7 Å². The third kappa shape index (κ3) is 3.32. The fourth-order valence-corrected chi connectivity index (χ4v) is 3.70. The molecule has 7 heteroatoms. The number of aromatic nitrogens is 3. The Morgan fingerprint density at radius 1 is 1.38 bits per heavy atom. The summed E-state index contributed by atoms with van der Waals surface area (Å²) in [6.45, 7) is 1.55. The molecule has 24 heavy (non-hydrogen) atoms. The van der Waals surface area contributed by atoms with Gasteiger partial charge in [0.15, 0.2) is 5.01 Å². The zero-order valence-electron chi connectivity index (χ0n) is 13.1. The average Bonchev–Trinajstić information content (AvgIpc) is 3.22. The van der Waals surface area contributed by atoms with Crippen LogP contribution in [0.2, 0.25) is 0 Å². The molecule has 1 aromatic carbocycles. The smallest absolute Gasteiger partial charge is 0.284 e. The number of hydrogen-bond acceptors (Lipinski definition) is 5. The van der Waals surface area contributed by atoms with Crippen LogP contribution in [0.25, 0.3) is 10.2 Å². The zero-order chi connectivity index (χ0) is 16.4. The van der Waals surface area contributed by atoms with Crippen molar-refractivity contribution in [3.63, 3.8) is 0 Å². The third-order valence-corrected chi connectivity index (χ3v) is 5.08. The fraction of sp³-hybridized carbons (Fsp3) is 0.353. The molecule has 4 rings (SSSR count). The molecule has 0 unspecified atom stereocenters. The lowest BCUT2D eigenvalue weighted by Gasteiger charge is -2.22. The second kappa shape index (κ2) is 6.70. The quantitative estimate of drug-likeness (QED) is 0.790. The largest absolute Gasteiger partial charge is 0.376 e. The normalized spacial score (nSPS) is 17.9. The third-order valence-electron chi connectivity index (χ3n) is 4.04. The summed E-state index contributed by atoms with van der Waals surface area (Å²) in [7, 11) is 0. The van der Waals surface area contributed by atoms with E-state index in [9.17, 15) is 4.79 Å². The number of rotatable bonds is 4. The Morgan fingerprint density at radius 2 is 2.29 bits per heavy atom. The molecule has 1 fully saturated rings. The lowest BCUT2D eigenvalue weighted by Crippen LogP contribution is -2.24. The topological polar surface area (TPSA) is 69.0 Å². The van der Waals surface area contributed by atoms with Crippen molar-refractivity contribution in [3.8, 4) is 0 Å². The van der Waals surface area contributed by atoms with Gasteiger partial charge in [0, 0.05) is 12.8 Å². The van der Waals surface area contributed by atoms with Gasteiger partial charge in [-0.05, 0) is 31.4 Å². The Labute approximate surface area is 143 Å². The van der Waals surface area contributed by atoms with Gasteiger partial charge < -0.3 is 10.1 Å². The molecule has 124 valence electrons. The molecule has 1 amide bonds. The monoisotopic (exact) mass is 342 g/mol. The first kappa shape index (κ1) is 15.3. The number of thiazole rings is 1. The molecular formula is C17H18N4O2S. The molecule has 0 radical (unpaired) electrons. The van der Waals surface area contributed by atoms with Crippen LogP contribution in [0.3, 0.4) is 0 Å². The van der Waals surface area contributed by atoms with Gasteiger partial charge in [-0.1, -0.05) is 12.1 Å². The number of carbonyl (C=O) groups excluding carboxylic acids is 1. The number of hydrogen-bond donors (Lipinski definition) is 1. The maximum Gasteiger partial charge on any atom is 0.284 e. The fourth-order valence-electron chi connectivity index (χ4n) is 2.84. The summed E-state index contributed by atoms with van der Waals surface area (Å²) in [4.78, 5) is 16.7. The van der Waals surface area contributed by atoms with Gasteiger partial charge in [-0.25, -0.2) is 4.98 Å². The van der Waals surface area contributed by atoms with E-state index in [0.717, 1.165) is 36.2 Å². The molecule has 0 saturated carbocycles. The first-order chi connectivity index (χ1) is 11.8. The van der Waals surface area contributed by atoms with Crippen LogP contribution >= 0.6 is 11.3 Å². The summed E-state index contributed by atoms with van der Waals surface area (Å²) >= 11 is 1.39. The van der Waals surface area contributed by atoms with E-state index >= 15 is 0 Å². The highest BCUT2D eigenvalue weighted by atomic mass is 32.1. The second-order valence-corrected chi connectivity index (χ2v) is 6.91. The molecule has 1 aliphatic heterocycles. The second-order valence-electron chi connectivity index (χ2n) is 5.88. The molecule has 2 aromatic heterocycles. The van der Waals surface area contributed by atoms with Crippen LogP contribution in [0, 0.1) is 0 Å². The number of benzene rings is 1. The zero-order valence-corrected chi connectivity index (χ0v) is 14.0. The van der Waals surface area contributed by atoms with Gasteiger partial charge in [0.1, 0.15) is 0 Å². The van der Waals surface area contributed by atoms with Gasteiger partial charge in [-0.2, -0.15) is 5.10 Å². The Bertz CT molecular complexity index is 818. The molecule has 6 nitrogen and oxygen atoms in total. The molecule has 1 aliphatic rings. The van der Waals surface area contributed by atoms with Crippen LogP contribution in [0.5, 0.6) is 0 Å². The van der Waals surface area contributed by atoms with Crippen molar-refractivity contribution < 1.29 is 9.53 Å². The number of para-hydroxylation sites is 1. The maximum atomic E-state index is 12.4. The van der Waals surface area contributed by atoms with Crippen molar-refractivity contribution in [2.75, 3.05) is 11.9 Å². The predicted molar refractivity (Wildman–Crippen MR) is 93.4 cm³/mol. The summed E-state index contributed by atoms with van der Waals surface area (Å²) in [5.41, 5.74) is 1.52. The van der Waals surface area contributed by atoms with Crippen LogP contribution in [-0.2, 0) is 11.3 Å². The van der Waals surface area contributed by atoms with E-state index in [-0.39, 0.29) is 12.0 Å². The van der Waals surface area contributed by atoms with Crippen LogP contribution < -0.4 is 5.32 Å². The van der Waals surface area contributed by atoms with E-state index in [1.165, 1.54) is 17.8 Å². The number of nitrogens with zero attached hydrogens (tertiary/aromatic N) is 3. The van der Waals surface area contributed by atoms with Gasteiger partial charge in [-0.3, -0.25) is 9.48 Å². The molecule has 1 N–H and O–H groups in total. The summed E-state index contributed by atoms with van der Waals surface area (Å²) in [6.07, 6.45) is 7.11. The van der Waals surface area contributed by atoms with Gasteiger partial charge in [0.25, 0.3) is 5.91 Å². The van der Waals surface area contributed by atoms with Crippen LogP contribution in [-0.4, -0.2) is 33.4 Å². The maximum absolute atomic E-state index is 12.4. The van der Waals surface area contributed by atoms with Crippen LogP contribution in [0.1, 0.15) is 29.1 Å². The van der Waals surface area contributed by atoms with Crippen molar-refractivity contribution in [3.05, 3.63) is 41.7 Å². The number of fused-ring (bicyclic) bond motifs is 1. The van der Waals surface area contributed by atoms with Crippen molar-refractivity contribution >= 4 is 33.1 Å². The molecule has 1 atom stereocenters. The minimum Gasteiger partial charge on any atom is -0.376 e. The summed E-state index contributed by atoms with van der Waals surface area (Å²) in [5.74, 6) is -0.204. The number of amides is 1. The Morgan fingerprint density at radius 3 is 3.12 bits per heavy atom. The first-order valence-corrected chi connectivity index (χ1v) is 8.90. The highest BCUT2D eigenvalue weighted by Gasteiger charge is 2.16. The van der Waals surface area contributed by atoms with E-state index in [2.05, 4.69) is 15.4 Å². The first-order valence-electron chi connectivity index (χ1n) is 8.09. The lowest BCUT2D eigenvalue weighted by molar-refractivity contribution is 0.00401. The van der Waals surface area contributed by atoms with E-state index < -0.39 is 0 Å². The average molecular weight is 342 g/mol. The van der Waals surface area contributed by atoms with Gasteiger partial charge in [-0.15, -0.1) is 11.3 Å². The van der Waals surface area contributed by atoms with E-state index in [1.807, 2.05) is 35.1 Å². The van der Waals surface area contributed by atoms with Crippen molar-refractivity contribution in [1.82, 2.24) is 14.8 Å². The summed E-state index contributed by atoms with van der Waals surface area (Å²) < 4.78 is 8.55. The molecule has 0 aliphatic carbocycles. The van der Waals surface area contributed by atoms with E-state index in [4.69, 9.17) is 4.74 Å². The standard InChI is InChI=1S/C17H18N4O2S/c22-16(17-20-14-6-1-2-7-15(14)24-17)19-12-9-18-21(10-12)11-13-5-3-4-8-23-13/h1-2,6-7,9-10,13H,3-5,8,11H2,(H,19,22)/t13-/m0/s1. The Hall–Kier alpha value is -2.25. The molecule has 3 aromatic rings. The lowest BCUT2D eigenvalue weighted by atomic mass is 10.1. The highest BCUT2D eigenvalue weighted by molar-refractivity contribution is 7.20. The van der Waals surface area contributed by atoms with Crippen LogP contribution in [0.4, 0.5) is 5.69 Å². The van der Waals surface area contributed by atoms with Crippen LogP contribution in [0.15, 0.2) is 36.7 Å². The Kier molecular flexibility index (Phi) is 4.27. The number of ether oxygens (including phenoxy) is 1. The van der Waals surface area contributed by atoms with Crippen molar-refractivity contribution in [1.29, 1.82) is 0 Å². The van der Waals surface area contributed by atoms with Gasteiger partial charge in [0.2, 0.25) is 0 Å². The Balaban J connectivity index is 1.42. The summed E-state index contributed by atoms with van der Waals surface area (Å²) in [6, 6.07) is 7.73. The van der Waals surface area contributed by atoms with Gasteiger partial charge in [0.05, 0.1) is 34.7 Å². The summed E-state index contributed by atoms with van der Waals surface area (Å²) in [5, 5.41) is 7.62. The SMILES string of the molecule is O=C(Nc1cnn(C[C@@H]2CCCCO2)c1)c1nc2ccccc2s1. The van der Waals surface area contributed by atoms with Gasteiger partial charge >= 0.3 is 0 Å². The predicted octanol–water partition coefficient (Wildman–Crippen LogP) is 3.31. The molecule has 1 saturated heterocycles. The molecule has 3 heterocycles. The molecular weight excluding hydrogens is 324 g/mol. The van der Waals surface area contributed by atoms with E-state index in [1.54, 1.807) is 6.20 Å². The van der Waals surface area contributed by atoms with Crippen molar-refractivity contribution in [2.45, 2.75) is 31.9 Å². The number of anilines is 1. The molecule has 0 spiro atoms.